The predicted octanol–water partition coefficient (Wildman–Crippen LogP) is 4.32. The van der Waals surface area contributed by atoms with Crippen LogP contribution in [0.2, 0.25) is 0 Å². The van der Waals surface area contributed by atoms with Gasteiger partial charge in [-0.25, -0.2) is 4.98 Å². The van der Waals surface area contributed by atoms with Crippen molar-refractivity contribution < 1.29 is 14.3 Å². The maximum atomic E-state index is 13.1. The van der Waals surface area contributed by atoms with Gasteiger partial charge in [0.25, 0.3) is 5.91 Å². The van der Waals surface area contributed by atoms with E-state index in [1.165, 1.54) is 11.1 Å². The summed E-state index contributed by atoms with van der Waals surface area (Å²) in [5, 5.41) is 1.02. The number of benzene rings is 2. The molecule has 0 atom stereocenters. The van der Waals surface area contributed by atoms with Crippen molar-refractivity contribution in [1.82, 2.24) is 9.88 Å². The molecule has 150 valence electrons. The second-order valence-corrected chi connectivity index (χ2v) is 9.06. The monoisotopic (exact) mass is 408 g/mol. The Hall–Kier alpha value is -2.44. The van der Waals surface area contributed by atoms with Crippen LogP contribution in [-0.2, 0) is 16.8 Å². The van der Waals surface area contributed by atoms with Crippen LogP contribution in [0.15, 0.2) is 36.4 Å². The fourth-order valence-corrected chi connectivity index (χ4v) is 5.43. The largest absolute Gasteiger partial charge is 0.497 e. The van der Waals surface area contributed by atoms with Crippen molar-refractivity contribution in [3.63, 3.8) is 0 Å². The fourth-order valence-electron chi connectivity index (χ4n) is 4.63. The number of hydrogen-bond acceptors (Lipinski definition) is 5. The molecule has 1 saturated heterocycles. The van der Waals surface area contributed by atoms with Crippen molar-refractivity contribution in [3.05, 3.63) is 58.1 Å². The summed E-state index contributed by atoms with van der Waals surface area (Å²) in [6.07, 6.45) is 2.54. The quantitative estimate of drug-likeness (QED) is 0.634. The summed E-state index contributed by atoms with van der Waals surface area (Å²) in [5.41, 5.74) is 3.90. The van der Waals surface area contributed by atoms with E-state index in [1.54, 1.807) is 18.4 Å². The van der Waals surface area contributed by atoms with Crippen LogP contribution in [0.4, 0.5) is 0 Å². The Kier molecular flexibility index (Phi) is 4.56. The van der Waals surface area contributed by atoms with Crippen molar-refractivity contribution in [2.24, 2.45) is 0 Å². The van der Waals surface area contributed by atoms with E-state index >= 15 is 0 Å². The van der Waals surface area contributed by atoms with E-state index in [9.17, 15) is 4.79 Å². The molecule has 5 rings (SSSR count). The number of fused-ring (bicyclic) bond motifs is 3. The maximum Gasteiger partial charge on any atom is 0.253 e. The predicted molar refractivity (Wildman–Crippen MR) is 114 cm³/mol. The third kappa shape index (κ3) is 3.20. The number of thiazole rings is 1. The minimum atomic E-state index is -0.285. The highest BCUT2D eigenvalue weighted by Crippen LogP contribution is 2.42. The first-order chi connectivity index (χ1) is 14.1. The molecule has 3 heterocycles. The number of amides is 1. The van der Waals surface area contributed by atoms with E-state index in [2.05, 4.69) is 17.1 Å². The molecule has 1 spiro atoms. The minimum absolute atomic E-state index is 0.0816. The Morgan fingerprint density at radius 3 is 2.83 bits per heavy atom. The van der Waals surface area contributed by atoms with Gasteiger partial charge in [-0.05, 0) is 67.6 Å². The number of methoxy groups -OCH3 is 1. The van der Waals surface area contributed by atoms with Gasteiger partial charge in [0.1, 0.15) is 5.75 Å². The highest BCUT2D eigenvalue weighted by Gasteiger charge is 2.41. The van der Waals surface area contributed by atoms with Crippen LogP contribution in [-0.4, -0.2) is 42.6 Å². The highest BCUT2D eigenvalue weighted by molar-refractivity contribution is 7.18. The van der Waals surface area contributed by atoms with Crippen LogP contribution >= 0.6 is 11.3 Å². The van der Waals surface area contributed by atoms with E-state index in [-0.39, 0.29) is 11.5 Å². The number of hydrogen-bond donors (Lipinski definition) is 0. The van der Waals surface area contributed by atoms with Gasteiger partial charge in [0.15, 0.2) is 0 Å². The van der Waals surface area contributed by atoms with Crippen LogP contribution in [0, 0.1) is 6.92 Å². The second kappa shape index (κ2) is 7.11. The lowest BCUT2D eigenvalue weighted by molar-refractivity contribution is -0.0935. The standard InChI is InChI=1S/C23H24N2O3S/c1-15-24-20-14-17(3-6-21(20)29-15)22(26)25-10-8-23(9-11-25)19-5-4-18(27-2)13-16(19)7-12-28-23/h3-6,13-14H,7-12H2,1-2H3. The third-order valence-corrected chi connectivity index (χ3v) is 7.10. The molecule has 6 heteroatoms. The summed E-state index contributed by atoms with van der Waals surface area (Å²) in [6.45, 7) is 4.10. The molecule has 1 aromatic heterocycles. The highest BCUT2D eigenvalue weighted by atomic mass is 32.1. The number of aromatic nitrogens is 1. The fraction of sp³-hybridized carbons (Fsp3) is 0.391. The van der Waals surface area contributed by atoms with E-state index in [0.29, 0.717) is 25.3 Å². The molecular formula is C23H24N2O3S. The number of aryl methyl sites for hydroxylation is 1. The molecule has 2 aliphatic heterocycles. The van der Waals surface area contributed by atoms with Gasteiger partial charge in [0.2, 0.25) is 0 Å². The van der Waals surface area contributed by atoms with Crippen LogP contribution in [0.25, 0.3) is 10.2 Å². The van der Waals surface area contributed by atoms with Gasteiger partial charge in [0, 0.05) is 18.7 Å². The summed E-state index contributed by atoms with van der Waals surface area (Å²) in [5.74, 6) is 0.972. The minimum Gasteiger partial charge on any atom is -0.497 e. The molecule has 0 saturated carbocycles. The number of likely N-dealkylation sites (tertiary alicyclic amines) is 1. The lowest BCUT2D eigenvalue weighted by atomic mass is 9.79. The molecule has 29 heavy (non-hydrogen) atoms. The van der Waals surface area contributed by atoms with Gasteiger partial charge < -0.3 is 14.4 Å². The average molecular weight is 409 g/mol. The van der Waals surface area contributed by atoms with Crippen molar-refractivity contribution in [1.29, 1.82) is 0 Å². The van der Waals surface area contributed by atoms with E-state index in [4.69, 9.17) is 9.47 Å². The van der Waals surface area contributed by atoms with Gasteiger partial charge in [-0.15, -0.1) is 11.3 Å². The van der Waals surface area contributed by atoms with Crippen molar-refractivity contribution in [2.75, 3.05) is 26.8 Å². The number of ether oxygens (including phenoxy) is 2. The number of nitrogens with zero attached hydrogens (tertiary/aromatic N) is 2. The summed E-state index contributed by atoms with van der Waals surface area (Å²) in [7, 11) is 1.70. The average Bonchev–Trinajstić information content (AvgIpc) is 3.13. The van der Waals surface area contributed by atoms with Gasteiger partial charge in [0.05, 0.1) is 34.5 Å². The lowest BCUT2D eigenvalue weighted by Crippen LogP contribution is -2.48. The molecule has 0 radical (unpaired) electrons. The molecule has 0 aliphatic carbocycles. The van der Waals surface area contributed by atoms with Crippen molar-refractivity contribution >= 4 is 27.5 Å². The third-order valence-electron chi connectivity index (χ3n) is 6.15. The number of carbonyl (C=O) groups excluding carboxylic acids is 1. The lowest BCUT2D eigenvalue weighted by Gasteiger charge is -2.45. The van der Waals surface area contributed by atoms with E-state index in [1.807, 2.05) is 36.1 Å². The van der Waals surface area contributed by atoms with Crippen LogP contribution in [0.5, 0.6) is 5.75 Å². The first kappa shape index (κ1) is 18.6. The zero-order chi connectivity index (χ0) is 20.0. The smallest absolute Gasteiger partial charge is 0.253 e. The van der Waals surface area contributed by atoms with Crippen LogP contribution < -0.4 is 4.74 Å². The molecule has 2 aromatic carbocycles. The zero-order valence-corrected chi connectivity index (χ0v) is 17.6. The summed E-state index contributed by atoms with van der Waals surface area (Å²) in [4.78, 5) is 19.6. The summed E-state index contributed by atoms with van der Waals surface area (Å²) < 4.78 is 12.8. The molecule has 5 nitrogen and oxygen atoms in total. The molecule has 0 unspecified atom stereocenters. The summed E-state index contributed by atoms with van der Waals surface area (Å²) in [6, 6.07) is 12.1. The molecule has 0 N–H and O–H groups in total. The van der Waals surface area contributed by atoms with Crippen LogP contribution in [0.1, 0.15) is 39.3 Å². The Bertz CT molecular complexity index is 1080. The molecule has 3 aromatic rings. The molecule has 1 amide bonds. The maximum absolute atomic E-state index is 13.1. The van der Waals surface area contributed by atoms with Gasteiger partial charge >= 0.3 is 0 Å². The number of rotatable bonds is 2. The first-order valence-corrected chi connectivity index (χ1v) is 10.9. The molecule has 1 fully saturated rings. The van der Waals surface area contributed by atoms with Gasteiger partial charge in [-0.2, -0.15) is 0 Å². The summed E-state index contributed by atoms with van der Waals surface area (Å²) >= 11 is 1.66. The number of carbonyl (C=O) groups is 1. The number of piperidine rings is 1. The second-order valence-electron chi connectivity index (χ2n) is 7.82. The Balaban J connectivity index is 1.35. The van der Waals surface area contributed by atoms with E-state index < -0.39 is 0 Å². The molecular weight excluding hydrogens is 384 g/mol. The molecule has 0 bridgehead atoms. The van der Waals surface area contributed by atoms with Crippen molar-refractivity contribution in [3.8, 4) is 5.75 Å². The normalized spacial score (nSPS) is 18.1. The Morgan fingerprint density at radius 2 is 2.03 bits per heavy atom. The van der Waals surface area contributed by atoms with E-state index in [0.717, 1.165) is 40.2 Å². The molecule has 2 aliphatic rings. The Labute approximate surface area is 174 Å². The zero-order valence-electron chi connectivity index (χ0n) is 16.7. The van der Waals surface area contributed by atoms with Crippen LogP contribution in [0.3, 0.4) is 0 Å². The van der Waals surface area contributed by atoms with Gasteiger partial charge in [-0.3, -0.25) is 4.79 Å². The van der Waals surface area contributed by atoms with Crippen molar-refractivity contribution in [2.45, 2.75) is 31.8 Å². The topological polar surface area (TPSA) is 51.7 Å². The Morgan fingerprint density at radius 1 is 1.21 bits per heavy atom. The van der Waals surface area contributed by atoms with Gasteiger partial charge in [-0.1, -0.05) is 6.07 Å². The SMILES string of the molecule is COc1ccc2c(c1)CCOC21CCN(C(=O)c2ccc3sc(C)nc3c2)CC1. The first-order valence-electron chi connectivity index (χ1n) is 10.1.